The van der Waals surface area contributed by atoms with Crippen molar-refractivity contribution in [2.24, 2.45) is 17.8 Å². The summed E-state index contributed by atoms with van der Waals surface area (Å²) in [5.41, 5.74) is -0.000185. The first-order valence-corrected chi connectivity index (χ1v) is 6.10. The molecule has 5 aliphatic rings. The van der Waals surface area contributed by atoms with Crippen molar-refractivity contribution in [1.82, 2.24) is 10.2 Å². The van der Waals surface area contributed by atoms with Crippen LogP contribution < -0.4 is 5.32 Å². The van der Waals surface area contributed by atoms with Crippen LogP contribution in [0.25, 0.3) is 0 Å². The maximum Gasteiger partial charge on any atom is 0.116 e. The van der Waals surface area contributed by atoms with Crippen molar-refractivity contribution in [3.05, 3.63) is 0 Å². The average Bonchev–Trinajstić information content (AvgIpc) is 2.90. The van der Waals surface area contributed by atoms with Gasteiger partial charge in [-0.3, -0.25) is 4.90 Å². The molecule has 5 rings (SSSR count). The zero-order chi connectivity index (χ0) is 10.9. The van der Waals surface area contributed by atoms with Crippen LogP contribution in [0, 0.1) is 40.4 Å². The van der Waals surface area contributed by atoms with Crippen molar-refractivity contribution in [2.45, 2.75) is 30.5 Å². The van der Waals surface area contributed by atoms with E-state index in [4.69, 9.17) is 0 Å². The molecule has 82 valence electrons. The Kier molecular flexibility index (Phi) is 1.45. The third-order valence-electron chi connectivity index (χ3n) is 5.33. The van der Waals surface area contributed by atoms with Crippen LogP contribution in [0.1, 0.15) is 12.8 Å². The first kappa shape index (κ1) is 8.98. The Morgan fingerprint density at radius 3 is 2.56 bits per heavy atom. The Labute approximate surface area is 94.8 Å². The molecule has 7 atom stereocenters. The lowest BCUT2D eigenvalue weighted by Crippen LogP contribution is -2.44. The molecule has 4 nitrogen and oxygen atoms in total. The predicted octanol–water partition coefficient (Wildman–Crippen LogP) is 0.0844. The molecular weight excluding hydrogens is 200 g/mol. The van der Waals surface area contributed by atoms with Gasteiger partial charge in [0.05, 0.1) is 23.6 Å². The summed E-state index contributed by atoms with van der Waals surface area (Å²) in [5, 5.41) is 22.2. The molecule has 4 bridgehead atoms. The molecule has 1 aliphatic carbocycles. The second-order valence-electron chi connectivity index (χ2n) is 5.76. The molecule has 16 heavy (non-hydrogen) atoms. The van der Waals surface area contributed by atoms with Gasteiger partial charge in [-0.1, -0.05) is 0 Å². The van der Waals surface area contributed by atoms with Crippen molar-refractivity contribution in [3.63, 3.8) is 0 Å². The smallest absolute Gasteiger partial charge is 0.116 e. The molecule has 1 N–H and O–H groups in total. The normalized spacial score (nSPS) is 60.6. The maximum absolute atomic E-state index is 9.39. The fourth-order valence-corrected chi connectivity index (χ4v) is 4.58. The Morgan fingerprint density at radius 1 is 1.25 bits per heavy atom. The number of piperidine rings is 1. The topological polar surface area (TPSA) is 72.8 Å². The summed E-state index contributed by atoms with van der Waals surface area (Å²) in [7, 11) is 0. The van der Waals surface area contributed by atoms with Crippen LogP contribution in [0.3, 0.4) is 0 Å². The van der Waals surface area contributed by atoms with Crippen LogP contribution in [0.5, 0.6) is 0 Å². The summed E-state index contributed by atoms with van der Waals surface area (Å²) in [6.45, 7) is 2.00. The van der Waals surface area contributed by atoms with Gasteiger partial charge in [0.2, 0.25) is 0 Å². The molecule has 4 aliphatic heterocycles. The summed E-state index contributed by atoms with van der Waals surface area (Å²) < 4.78 is 0. The number of hydrogen-bond acceptors (Lipinski definition) is 4. The van der Waals surface area contributed by atoms with Crippen LogP contribution in [-0.2, 0) is 0 Å². The summed E-state index contributed by atoms with van der Waals surface area (Å²) in [6, 6.07) is 5.20. The summed E-state index contributed by atoms with van der Waals surface area (Å²) in [4.78, 5) is 2.31. The van der Waals surface area contributed by atoms with E-state index in [1.54, 1.807) is 0 Å². The van der Waals surface area contributed by atoms with Gasteiger partial charge in [-0.15, -0.1) is 0 Å². The molecule has 0 aromatic carbocycles. The Bertz CT molecular complexity index is 427. The van der Waals surface area contributed by atoms with Crippen LogP contribution in [0.4, 0.5) is 0 Å². The molecule has 1 saturated carbocycles. The van der Waals surface area contributed by atoms with Gasteiger partial charge in [0, 0.05) is 19.1 Å². The number of nitriles is 2. The zero-order valence-electron chi connectivity index (χ0n) is 9.06. The van der Waals surface area contributed by atoms with Crippen LogP contribution >= 0.6 is 0 Å². The van der Waals surface area contributed by atoms with E-state index < -0.39 is 0 Å². The fourth-order valence-electron chi connectivity index (χ4n) is 4.58. The average molecular weight is 214 g/mol. The van der Waals surface area contributed by atoms with Gasteiger partial charge in [-0.05, 0) is 24.7 Å². The van der Waals surface area contributed by atoms with Gasteiger partial charge in [-0.2, -0.15) is 10.5 Å². The first-order chi connectivity index (χ1) is 7.80. The van der Waals surface area contributed by atoms with E-state index in [0.29, 0.717) is 12.0 Å². The standard InChI is InChI=1S/C12H14N4/c13-3-10-11(4-14)16-5-7-1-8(16)2-9(7)12(10)6-15-12/h7-11,15H,1-2,5-6H2. The lowest BCUT2D eigenvalue weighted by atomic mass is 9.75. The van der Waals surface area contributed by atoms with Crippen molar-refractivity contribution < 1.29 is 0 Å². The quantitative estimate of drug-likeness (QED) is 0.580. The molecule has 0 radical (unpaired) electrons. The highest BCUT2D eigenvalue weighted by molar-refractivity contribution is 5.30. The highest BCUT2D eigenvalue weighted by Crippen LogP contribution is 2.57. The molecule has 4 heterocycles. The second-order valence-corrected chi connectivity index (χ2v) is 5.76. The Morgan fingerprint density at radius 2 is 2.06 bits per heavy atom. The molecule has 4 saturated heterocycles. The molecule has 4 heteroatoms. The predicted molar refractivity (Wildman–Crippen MR) is 55.9 cm³/mol. The summed E-state index contributed by atoms with van der Waals surface area (Å²) in [6.07, 6.45) is 2.46. The van der Waals surface area contributed by atoms with E-state index in [9.17, 15) is 10.5 Å². The fraction of sp³-hybridized carbons (Fsp3) is 0.833. The van der Waals surface area contributed by atoms with E-state index in [1.807, 2.05) is 0 Å². The number of fused-ring (bicyclic) bond motifs is 1. The first-order valence-electron chi connectivity index (χ1n) is 6.10. The van der Waals surface area contributed by atoms with E-state index in [1.165, 1.54) is 12.8 Å². The van der Waals surface area contributed by atoms with Gasteiger partial charge in [0.15, 0.2) is 0 Å². The maximum atomic E-state index is 9.39. The van der Waals surface area contributed by atoms with E-state index in [2.05, 4.69) is 22.4 Å². The van der Waals surface area contributed by atoms with Gasteiger partial charge in [0.1, 0.15) is 6.04 Å². The number of rotatable bonds is 0. The largest absolute Gasteiger partial charge is 0.307 e. The number of nitrogens with one attached hydrogen (secondary N) is 1. The lowest BCUT2D eigenvalue weighted by molar-refractivity contribution is 0.176. The van der Waals surface area contributed by atoms with E-state index in [-0.39, 0.29) is 17.5 Å². The highest BCUT2D eigenvalue weighted by atomic mass is 15.3. The van der Waals surface area contributed by atoms with Crippen LogP contribution in [0.15, 0.2) is 0 Å². The molecule has 5 fully saturated rings. The second kappa shape index (κ2) is 2.59. The summed E-state index contributed by atoms with van der Waals surface area (Å²) in [5.74, 6) is 1.25. The zero-order valence-corrected chi connectivity index (χ0v) is 9.06. The molecule has 1 spiro atoms. The van der Waals surface area contributed by atoms with Crippen molar-refractivity contribution in [3.8, 4) is 12.1 Å². The van der Waals surface area contributed by atoms with Crippen molar-refractivity contribution >= 4 is 0 Å². The molecule has 0 aromatic heterocycles. The van der Waals surface area contributed by atoms with Crippen molar-refractivity contribution in [1.29, 1.82) is 10.5 Å². The Hall–Kier alpha value is -1.10. The lowest BCUT2D eigenvalue weighted by Gasteiger charge is -2.29. The van der Waals surface area contributed by atoms with E-state index >= 15 is 0 Å². The molecule has 0 amide bonds. The number of nitrogens with zero attached hydrogens (tertiary/aromatic N) is 3. The van der Waals surface area contributed by atoms with Gasteiger partial charge < -0.3 is 5.32 Å². The summed E-state index contributed by atoms with van der Waals surface area (Å²) >= 11 is 0. The Balaban J connectivity index is 1.86. The minimum absolute atomic E-state index is 0.000185. The third-order valence-corrected chi connectivity index (χ3v) is 5.33. The van der Waals surface area contributed by atoms with Gasteiger partial charge in [-0.25, -0.2) is 0 Å². The molecular formula is C12H14N4. The third kappa shape index (κ3) is 0.796. The van der Waals surface area contributed by atoms with Gasteiger partial charge >= 0.3 is 0 Å². The van der Waals surface area contributed by atoms with Crippen LogP contribution in [0.2, 0.25) is 0 Å². The van der Waals surface area contributed by atoms with Crippen molar-refractivity contribution in [2.75, 3.05) is 13.1 Å². The highest BCUT2D eigenvalue weighted by Gasteiger charge is 2.68. The SMILES string of the molecule is N#CC1C(C#N)C2(CN2)C2CC3CC2CN31. The van der Waals surface area contributed by atoms with Gasteiger partial charge in [0.25, 0.3) is 0 Å². The van der Waals surface area contributed by atoms with E-state index in [0.717, 1.165) is 19.0 Å². The molecule has 0 aromatic rings. The molecule has 7 unspecified atom stereocenters. The minimum Gasteiger partial charge on any atom is -0.307 e. The minimum atomic E-state index is -0.178. The number of hydrogen-bond donors (Lipinski definition) is 1. The monoisotopic (exact) mass is 214 g/mol. The van der Waals surface area contributed by atoms with Crippen LogP contribution in [-0.4, -0.2) is 35.6 Å².